The quantitative estimate of drug-likeness (QED) is 0.752. The zero-order chi connectivity index (χ0) is 19.5. The van der Waals surface area contributed by atoms with Gasteiger partial charge in [0.2, 0.25) is 0 Å². The summed E-state index contributed by atoms with van der Waals surface area (Å²) >= 11 is 0. The van der Waals surface area contributed by atoms with E-state index >= 15 is 0 Å². The summed E-state index contributed by atoms with van der Waals surface area (Å²) in [6.07, 6.45) is 6.34. The van der Waals surface area contributed by atoms with Gasteiger partial charge in [0.05, 0.1) is 4.90 Å². The lowest BCUT2D eigenvalue weighted by Gasteiger charge is -2.18. The Morgan fingerprint density at radius 1 is 1.19 bits per heavy atom. The van der Waals surface area contributed by atoms with Crippen molar-refractivity contribution in [3.63, 3.8) is 0 Å². The zero-order valence-electron chi connectivity index (χ0n) is 15.4. The van der Waals surface area contributed by atoms with Crippen molar-refractivity contribution in [1.29, 1.82) is 0 Å². The van der Waals surface area contributed by atoms with Crippen LogP contribution in [0.3, 0.4) is 0 Å². The Balaban J connectivity index is 2.23. The minimum absolute atomic E-state index is 0.218. The lowest BCUT2D eigenvalue weighted by atomic mass is 9.86. The van der Waals surface area contributed by atoms with E-state index in [1.807, 2.05) is 32.8 Å². The van der Waals surface area contributed by atoms with Gasteiger partial charge in [-0.2, -0.15) is 0 Å². The van der Waals surface area contributed by atoms with Crippen molar-refractivity contribution < 1.29 is 18.3 Å². The van der Waals surface area contributed by atoms with Crippen molar-refractivity contribution in [1.82, 2.24) is 3.97 Å². The smallest absolute Gasteiger partial charge is 0.327 e. The number of hydrogen-bond acceptors (Lipinski definition) is 4. The zero-order valence-corrected chi connectivity index (χ0v) is 16.2. The van der Waals surface area contributed by atoms with Gasteiger partial charge in [0, 0.05) is 38.3 Å². The van der Waals surface area contributed by atoms with Gasteiger partial charge < -0.3 is 10.0 Å². The molecule has 0 saturated carbocycles. The van der Waals surface area contributed by atoms with Gasteiger partial charge in [0.25, 0.3) is 10.0 Å². The second-order valence-electron chi connectivity index (χ2n) is 7.08. The summed E-state index contributed by atoms with van der Waals surface area (Å²) < 4.78 is 26.7. The first-order chi connectivity index (χ1) is 12.0. The molecular weight excluding hydrogens is 352 g/mol. The molecule has 0 radical (unpaired) electrons. The number of allylic oxidation sites excluding steroid dienone is 1. The molecule has 0 saturated heterocycles. The van der Waals surface area contributed by atoms with Gasteiger partial charge >= 0.3 is 5.97 Å². The number of carbonyl (C=O) groups is 1. The highest BCUT2D eigenvalue weighted by Gasteiger charge is 2.20. The Bertz CT molecular complexity index is 907. The fraction of sp³-hybridized carbons (Fsp3) is 0.316. The summed E-state index contributed by atoms with van der Waals surface area (Å²) in [5.74, 6) is -1.00. The highest BCUT2D eigenvalue weighted by Crippen LogP contribution is 2.25. The molecule has 6 nitrogen and oxygen atoms in total. The highest BCUT2D eigenvalue weighted by atomic mass is 32.2. The lowest BCUT2D eigenvalue weighted by Crippen LogP contribution is -2.14. The second kappa shape index (κ2) is 7.37. The molecule has 7 heteroatoms. The van der Waals surface area contributed by atoms with E-state index in [2.05, 4.69) is 0 Å². The number of hydrogen-bond donors (Lipinski definition) is 1. The molecule has 1 heterocycles. The summed E-state index contributed by atoms with van der Waals surface area (Å²) in [7, 11) is 0.126. The Kier molecular flexibility index (Phi) is 5.61. The van der Waals surface area contributed by atoms with Crippen LogP contribution >= 0.6 is 0 Å². The number of aromatic nitrogens is 1. The first-order valence-corrected chi connectivity index (χ1v) is 9.57. The maximum atomic E-state index is 12.8. The first kappa shape index (κ1) is 19.8. The number of carboxylic acid groups (broad SMARTS) is 1. The molecule has 0 aliphatic carbocycles. The molecule has 0 bridgehead atoms. The fourth-order valence-electron chi connectivity index (χ4n) is 2.59. The summed E-state index contributed by atoms with van der Waals surface area (Å²) in [5, 5.41) is 8.76. The molecule has 0 atom stereocenters. The van der Waals surface area contributed by atoms with E-state index in [1.54, 1.807) is 42.6 Å². The number of anilines is 1. The van der Waals surface area contributed by atoms with Crippen molar-refractivity contribution in [3.05, 3.63) is 60.4 Å². The van der Waals surface area contributed by atoms with E-state index in [9.17, 15) is 13.2 Å². The van der Waals surface area contributed by atoms with Crippen molar-refractivity contribution in [2.24, 2.45) is 5.41 Å². The van der Waals surface area contributed by atoms with Crippen LogP contribution in [0.2, 0.25) is 0 Å². The SMILES string of the molecule is CN(C)c1ccc(S(=O)(=O)n2ccc(CC(C)(C)/C=C/C(=O)O)c2)cc1. The van der Waals surface area contributed by atoms with Gasteiger partial charge in [-0.25, -0.2) is 17.2 Å². The van der Waals surface area contributed by atoms with Crippen molar-refractivity contribution >= 4 is 21.7 Å². The maximum Gasteiger partial charge on any atom is 0.327 e. The van der Waals surface area contributed by atoms with E-state index in [1.165, 1.54) is 10.2 Å². The molecule has 140 valence electrons. The Hall–Kier alpha value is -2.54. The van der Waals surface area contributed by atoms with Crippen molar-refractivity contribution in [2.75, 3.05) is 19.0 Å². The van der Waals surface area contributed by atoms with E-state index in [4.69, 9.17) is 5.11 Å². The summed E-state index contributed by atoms with van der Waals surface area (Å²) in [6.45, 7) is 3.80. The average molecular weight is 376 g/mol. The molecule has 0 amide bonds. The van der Waals surface area contributed by atoms with Crippen LogP contribution in [0.25, 0.3) is 0 Å². The van der Waals surface area contributed by atoms with Crippen LogP contribution in [-0.4, -0.2) is 37.6 Å². The normalized spacial score (nSPS) is 12.5. The molecule has 1 aromatic heterocycles. The topological polar surface area (TPSA) is 79.6 Å². The Labute approximate surface area is 154 Å². The largest absolute Gasteiger partial charge is 0.478 e. The summed E-state index contributed by atoms with van der Waals surface area (Å²) in [4.78, 5) is 12.8. The summed E-state index contributed by atoms with van der Waals surface area (Å²) in [6, 6.07) is 8.43. The molecule has 0 aliphatic heterocycles. The van der Waals surface area contributed by atoms with Crippen LogP contribution in [0.1, 0.15) is 19.4 Å². The van der Waals surface area contributed by atoms with Gasteiger partial charge in [0.1, 0.15) is 0 Å². The molecule has 26 heavy (non-hydrogen) atoms. The van der Waals surface area contributed by atoms with Crippen LogP contribution in [0.5, 0.6) is 0 Å². The van der Waals surface area contributed by atoms with Gasteiger partial charge in [-0.1, -0.05) is 19.9 Å². The molecule has 2 rings (SSSR count). The number of carboxylic acids is 1. The third-order valence-electron chi connectivity index (χ3n) is 3.99. The van der Waals surface area contributed by atoms with Crippen LogP contribution in [-0.2, 0) is 21.2 Å². The first-order valence-electron chi connectivity index (χ1n) is 8.13. The fourth-order valence-corrected chi connectivity index (χ4v) is 3.81. The van der Waals surface area contributed by atoms with Gasteiger partial charge in [0.15, 0.2) is 0 Å². The molecular formula is C19H24N2O4S. The van der Waals surface area contributed by atoms with E-state index < -0.39 is 21.4 Å². The monoisotopic (exact) mass is 376 g/mol. The minimum atomic E-state index is -3.66. The molecule has 0 unspecified atom stereocenters. The van der Waals surface area contributed by atoms with E-state index in [-0.39, 0.29) is 4.90 Å². The predicted molar refractivity (Wildman–Crippen MR) is 102 cm³/mol. The molecule has 0 fully saturated rings. The van der Waals surface area contributed by atoms with Crippen LogP contribution < -0.4 is 4.90 Å². The van der Waals surface area contributed by atoms with Crippen LogP contribution in [0.4, 0.5) is 5.69 Å². The number of rotatable bonds is 7. The third kappa shape index (κ3) is 4.76. The lowest BCUT2D eigenvalue weighted by molar-refractivity contribution is -0.131. The van der Waals surface area contributed by atoms with Crippen LogP contribution in [0.15, 0.2) is 59.8 Å². The molecule has 2 aromatic rings. The average Bonchev–Trinajstić information content (AvgIpc) is 3.01. The second-order valence-corrected chi connectivity index (χ2v) is 8.92. The van der Waals surface area contributed by atoms with Gasteiger partial charge in [-0.15, -0.1) is 0 Å². The van der Waals surface area contributed by atoms with E-state index in [0.717, 1.165) is 17.3 Å². The Morgan fingerprint density at radius 3 is 2.35 bits per heavy atom. The predicted octanol–water partition coefficient (Wildman–Crippen LogP) is 3.00. The molecule has 1 aromatic carbocycles. The molecule has 0 spiro atoms. The summed E-state index contributed by atoms with van der Waals surface area (Å²) in [5.41, 5.74) is 1.34. The minimum Gasteiger partial charge on any atom is -0.478 e. The third-order valence-corrected chi connectivity index (χ3v) is 5.64. The maximum absolute atomic E-state index is 12.8. The standard InChI is InChI=1S/C19H24N2O4S/c1-19(2,11-9-18(22)23)13-15-10-12-21(14-15)26(24,25)17-7-5-16(6-8-17)20(3)4/h5-12,14H,13H2,1-4H3,(H,22,23)/b11-9+. The highest BCUT2D eigenvalue weighted by molar-refractivity contribution is 7.90. The van der Waals surface area contributed by atoms with Crippen molar-refractivity contribution in [3.8, 4) is 0 Å². The van der Waals surface area contributed by atoms with Gasteiger partial charge in [-0.05, 0) is 47.7 Å². The van der Waals surface area contributed by atoms with Gasteiger partial charge in [-0.3, -0.25) is 0 Å². The Morgan fingerprint density at radius 2 is 1.81 bits per heavy atom. The van der Waals surface area contributed by atoms with Crippen molar-refractivity contribution in [2.45, 2.75) is 25.2 Å². The molecule has 1 N–H and O–H groups in total. The van der Waals surface area contributed by atoms with Crippen LogP contribution in [0, 0.1) is 5.41 Å². The molecule has 0 aliphatic rings. The number of nitrogens with zero attached hydrogens (tertiary/aromatic N) is 2. The number of aliphatic carboxylic acids is 1. The van der Waals surface area contributed by atoms with E-state index in [0.29, 0.717) is 6.42 Å². The number of benzene rings is 1.